The van der Waals surface area contributed by atoms with Crippen LogP contribution in [-0.4, -0.2) is 57.7 Å². The Labute approximate surface area is 90.5 Å². The predicted molar refractivity (Wildman–Crippen MR) is 56.5 cm³/mol. The summed E-state index contributed by atoms with van der Waals surface area (Å²) >= 11 is 0. The summed E-state index contributed by atoms with van der Waals surface area (Å²) in [6.45, 7) is 1.58. The number of nitrogens with zero attached hydrogens (tertiary/aromatic N) is 1. The number of β-amino-alcohol motifs (C(OH)–C–C–N with tert-alkyl or cyclic N) is 3. The van der Waals surface area contributed by atoms with E-state index in [4.69, 9.17) is 0 Å². The van der Waals surface area contributed by atoms with Gasteiger partial charge in [-0.05, 0) is 12.8 Å². The summed E-state index contributed by atoms with van der Waals surface area (Å²) in [6.07, 6.45) is 3.83. The second-order valence-electron chi connectivity index (χ2n) is 5.11. The van der Waals surface area contributed by atoms with Gasteiger partial charge < -0.3 is 15.3 Å². The smallest absolute Gasteiger partial charge is 0.0938 e. The highest BCUT2D eigenvalue weighted by Crippen LogP contribution is 2.29. The zero-order valence-electron chi connectivity index (χ0n) is 9.10. The largest absolute Gasteiger partial charge is 0.389 e. The molecule has 1 aliphatic carbocycles. The van der Waals surface area contributed by atoms with Crippen LogP contribution < -0.4 is 0 Å². The van der Waals surface area contributed by atoms with Gasteiger partial charge in [-0.15, -0.1) is 0 Å². The van der Waals surface area contributed by atoms with E-state index in [1.165, 1.54) is 6.42 Å². The molecule has 0 bridgehead atoms. The van der Waals surface area contributed by atoms with Crippen molar-refractivity contribution in [2.75, 3.05) is 19.6 Å². The van der Waals surface area contributed by atoms with Gasteiger partial charge in [0.25, 0.3) is 0 Å². The number of rotatable bonds is 2. The quantitative estimate of drug-likeness (QED) is 0.593. The van der Waals surface area contributed by atoms with Crippen LogP contribution in [0.15, 0.2) is 0 Å². The van der Waals surface area contributed by atoms with Crippen LogP contribution >= 0.6 is 0 Å². The molecule has 0 aromatic carbocycles. The maximum Gasteiger partial charge on any atom is 0.0938 e. The summed E-state index contributed by atoms with van der Waals surface area (Å²) in [6, 6.07) is 0. The third-order valence-electron chi connectivity index (χ3n) is 3.64. The van der Waals surface area contributed by atoms with Crippen LogP contribution in [0.4, 0.5) is 0 Å². The molecule has 0 aromatic heterocycles. The first-order valence-corrected chi connectivity index (χ1v) is 5.90. The highest BCUT2D eigenvalue weighted by Gasteiger charge is 2.36. The number of aliphatic hydroxyl groups is 3. The summed E-state index contributed by atoms with van der Waals surface area (Å²) in [5, 5.41) is 29.1. The van der Waals surface area contributed by atoms with Crippen molar-refractivity contribution >= 4 is 0 Å². The molecule has 1 saturated heterocycles. The first-order chi connectivity index (χ1) is 7.09. The lowest BCUT2D eigenvalue weighted by Gasteiger charge is -2.35. The number of hydrogen-bond donors (Lipinski definition) is 3. The van der Waals surface area contributed by atoms with Crippen molar-refractivity contribution in [3.05, 3.63) is 0 Å². The third-order valence-corrected chi connectivity index (χ3v) is 3.64. The average Bonchev–Trinajstić information content (AvgIpc) is 2.46. The van der Waals surface area contributed by atoms with E-state index in [2.05, 4.69) is 0 Å². The molecular weight excluding hydrogens is 194 g/mol. The van der Waals surface area contributed by atoms with Crippen LogP contribution in [0.25, 0.3) is 0 Å². The number of aliphatic hydroxyl groups excluding tert-OH is 2. The van der Waals surface area contributed by atoms with E-state index in [0.717, 1.165) is 25.7 Å². The van der Waals surface area contributed by atoms with Crippen LogP contribution in [0.2, 0.25) is 0 Å². The van der Waals surface area contributed by atoms with Gasteiger partial charge in [0.1, 0.15) is 0 Å². The minimum absolute atomic E-state index is 0.490. The molecule has 2 fully saturated rings. The molecule has 0 unspecified atom stereocenters. The maximum absolute atomic E-state index is 10.3. The van der Waals surface area contributed by atoms with E-state index in [-0.39, 0.29) is 0 Å². The highest BCUT2D eigenvalue weighted by molar-refractivity contribution is 4.91. The van der Waals surface area contributed by atoms with Gasteiger partial charge in [-0.2, -0.15) is 0 Å². The van der Waals surface area contributed by atoms with E-state index in [1.807, 2.05) is 4.90 Å². The predicted octanol–water partition coefficient (Wildman–Crippen LogP) is -0.281. The molecular formula is C11H21NO3. The van der Waals surface area contributed by atoms with E-state index in [0.29, 0.717) is 19.6 Å². The van der Waals surface area contributed by atoms with Gasteiger partial charge in [-0.3, -0.25) is 4.90 Å². The molecule has 15 heavy (non-hydrogen) atoms. The SMILES string of the molecule is O[C@@H]1CN(CC2(O)CCCCC2)C[C@@H]1O. The molecule has 1 saturated carbocycles. The highest BCUT2D eigenvalue weighted by atomic mass is 16.3. The van der Waals surface area contributed by atoms with Crippen molar-refractivity contribution in [3.63, 3.8) is 0 Å². The lowest BCUT2D eigenvalue weighted by Crippen LogP contribution is -2.44. The van der Waals surface area contributed by atoms with Crippen molar-refractivity contribution in [2.45, 2.75) is 49.9 Å². The molecule has 2 rings (SSSR count). The molecule has 2 atom stereocenters. The Hall–Kier alpha value is -0.160. The minimum Gasteiger partial charge on any atom is -0.389 e. The summed E-state index contributed by atoms with van der Waals surface area (Å²) in [7, 11) is 0. The third kappa shape index (κ3) is 2.69. The fraction of sp³-hybridized carbons (Fsp3) is 1.00. The van der Waals surface area contributed by atoms with Gasteiger partial charge in [-0.25, -0.2) is 0 Å². The second kappa shape index (κ2) is 4.37. The summed E-state index contributed by atoms with van der Waals surface area (Å²) in [4.78, 5) is 1.97. The van der Waals surface area contributed by atoms with Gasteiger partial charge in [0.2, 0.25) is 0 Å². The maximum atomic E-state index is 10.3. The molecule has 0 spiro atoms. The van der Waals surface area contributed by atoms with E-state index in [9.17, 15) is 15.3 Å². The van der Waals surface area contributed by atoms with Gasteiger partial charge >= 0.3 is 0 Å². The number of likely N-dealkylation sites (tertiary alicyclic amines) is 1. The summed E-state index contributed by atoms with van der Waals surface area (Å²) < 4.78 is 0. The van der Waals surface area contributed by atoms with Crippen LogP contribution in [0.1, 0.15) is 32.1 Å². The summed E-state index contributed by atoms with van der Waals surface area (Å²) in [5.41, 5.74) is -0.581. The molecule has 1 aliphatic heterocycles. The van der Waals surface area contributed by atoms with Crippen molar-refractivity contribution in [3.8, 4) is 0 Å². The normalized spacial score (nSPS) is 37.0. The number of hydrogen-bond acceptors (Lipinski definition) is 4. The Morgan fingerprint density at radius 2 is 1.53 bits per heavy atom. The molecule has 1 heterocycles. The van der Waals surface area contributed by atoms with Crippen LogP contribution in [0, 0.1) is 0 Å². The van der Waals surface area contributed by atoms with Crippen molar-refractivity contribution in [1.29, 1.82) is 0 Å². The van der Waals surface area contributed by atoms with Crippen molar-refractivity contribution in [2.24, 2.45) is 0 Å². The molecule has 4 nitrogen and oxygen atoms in total. The Morgan fingerprint density at radius 3 is 2.07 bits per heavy atom. The lowest BCUT2D eigenvalue weighted by molar-refractivity contribution is -0.0238. The Kier molecular flexibility index (Phi) is 3.30. The topological polar surface area (TPSA) is 63.9 Å². The van der Waals surface area contributed by atoms with Gasteiger partial charge in [0, 0.05) is 19.6 Å². The minimum atomic E-state index is -0.641. The first-order valence-electron chi connectivity index (χ1n) is 5.90. The lowest BCUT2D eigenvalue weighted by atomic mass is 9.84. The molecule has 2 aliphatic rings. The molecule has 4 heteroatoms. The van der Waals surface area contributed by atoms with Crippen molar-refractivity contribution < 1.29 is 15.3 Å². The van der Waals surface area contributed by atoms with Crippen LogP contribution in [-0.2, 0) is 0 Å². The standard InChI is InChI=1S/C11H21NO3/c13-9-6-12(7-10(9)14)8-11(15)4-2-1-3-5-11/h9-10,13-15H,1-8H2/t9-,10+. The molecule has 0 amide bonds. The molecule has 3 N–H and O–H groups in total. The molecule has 88 valence electrons. The second-order valence-corrected chi connectivity index (χ2v) is 5.11. The van der Waals surface area contributed by atoms with E-state index >= 15 is 0 Å². The Morgan fingerprint density at radius 1 is 1.00 bits per heavy atom. The van der Waals surface area contributed by atoms with Gasteiger partial charge in [0.05, 0.1) is 17.8 Å². The van der Waals surface area contributed by atoms with E-state index < -0.39 is 17.8 Å². The van der Waals surface area contributed by atoms with Crippen LogP contribution in [0.5, 0.6) is 0 Å². The van der Waals surface area contributed by atoms with Crippen LogP contribution in [0.3, 0.4) is 0 Å². The first kappa shape index (κ1) is 11.3. The van der Waals surface area contributed by atoms with Gasteiger partial charge in [0.15, 0.2) is 0 Å². The van der Waals surface area contributed by atoms with Gasteiger partial charge in [-0.1, -0.05) is 19.3 Å². The monoisotopic (exact) mass is 215 g/mol. The fourth-order valence-electron chi connectivity index (χ4n) is 2.76. The summed E-state index contributed by atoms with van der Waals surface area (Å²) in [5.74, 6) is 0. The Balaban J connectivity index is 1.86. The zero-order valence-corrected chi connectivity index (χ0v) is 9.10. The van der Waals surface area contributed by atoms with E-state index in [1.54, 1.807) is 0 Å². The fourth-order valence-corrected chi connectivity index (χ4v) is 2.76. The molecule has 0 radical (unpaired) electrons. The Bertz CT molecular complexity index is 206. The zero-order chi connectivity index (χ0) is 10.9. The molecule has 0 aromatic rings. The average molecular weight is 215 g/mol. The van der Waals surface area contributed by atoms with Crippen molar-refractivity contribution in [1.82, 2.24) is 4.90 Å².